The summed E-state index contributed by atoms with van der Waals surface area (Å²) < 4.78 is 13.3. The fraction of sp³-hybridized carbons (Fsp3) is 0.556. The molecule has 1 rings (SSSR count). The molecule has 0 bridgehead atoms. The Morgan fingerprint density at radius 2 is 2.23 bits per heavy atom. The van der Waals surface area contributed by atoms with Gasteiger partial charge in [0.25, 0.3) is 0 Å². The highest BCUT2D eigenvalue weighted by Crippen LogP contribution is 2.13. The summed E-state index contributed by atoms with van der Waals surface area (Å²) in [5.41, 5.74) is 0.376. The van der Waals surface area contributed by atoms with E-state index in [2.05, 4.69) is 15.3 Å². The van der Waals surface area contributed by atoms with Crippen LogP contribution in [0.2, 0.25) is 0 Å². The van der Waals surface area contributed by atoms with Gasteiger partial charge in [0.2, 0.25) is 0 Å². The van der Waals surface area contributed by atoms with Crippen LogP contribution in [0.1, 0.15) is 26.0 Å². The lowest BCUT2D eigenvalue weighted by Crippen LogP contribution is -2.16. The van der Waals surface area contributed by atoms with Crippen molar-refractivity contribution in [3.63, 3.8) is 0 Å². The van der Waals surface area contributed by atoms with Gasteiger partial charge in [0.05, 0.1) is 5.69 Å². The zero-order chi connectivity index (χ0) is 9.84. The number of hydrogen-bond acceptors (Lipinski definition) is 3. The molecule has 13 heavy (non-hydrogen) atoms. The molecule has 0 saturated carbocycles. The Morgan fingerprint density at radius 1 is 1.54 bits per heavy atom. The van der Waals surface area contributed by atoms with Crippen LogP contribution in [0.4, 0.5) is 10.2 Å². The second-order valence-corrected chi connectivity index (χ2v) is 3.08. The van der Waals surface area contributed by atoms with Crippen molar-refractivity contribution in [1.82, 2.24) is 9.97 Å². The molecule has 1 unspecified atom stereocenters. The predicted octanol–water partition coefficient (Wildman–Crippen LogP) is 2.13. The molecule has 0 aliphatic rings. The van der Waals surface area contributed by atoms with Gasteiger partial charge in [0, 0.05) is 6.04 Å². The Labute approximate surface area is 77.4 Å². The molecule has 0 amide bonds. The summed E-state index contributed by atoms with van der Waals surface area (Å²) in [6.45, 7) is 5.64. The highest BCUT2D eigenvalue weighted by molar-refractivity contribution is 5.37. The Bertz CT molecular complexity index is 288. The van der Waals surface area contributed by atoms with Crippen molar-refractivity contribution < 1.29 is 4.39 Å². The second-order valence-electron chi connectivity index (χ2n) is 3.08. The smallest absolute Gasteiger partial charge is 0.186 e. The number of nitrogens with zero attached hydrogens (tertiary/aromatic N) is 2. The molecule has 1 heterocycles. The van der Waals surface area contributed by atoms with E-state index in [-0.39, 0.29) is 11.9 Å². The molecule has 72 valence electrons. The molecule has 0 radical (unpaired) electrons. The molecule has 0 saturated heterocycles. The highest BCUT2D eigenvalue weighted by atomic mass is 19.1. The lowest BCUT2D eigenvalue weighted by molar-refractivity contribution is 0.599. The third-order valence-corrected chi connectivity index (χ3v) is 1.96. The minimum Gasteiger partial charge on any atom is -0.365 e. The van der Waals surface area contributed by atoms with Crippen LogP contribution in [0, 0.1) is 12.7 Å². The van der Waals surface area contributed by atoms with E-state index < -0.39 is 0 Å². The van der Waals surface area contributed by atoms with E-state index in [0.29, 0.717) is 11.5 Å². The maximum Gasteiger partial charge on any atom is 0.186 e. The molecular weight excluding hydrogens is 169 g/mol. The molecule has 0 aliphatic carbocycles. The van der Waals surface area contributed by atoms with Gasteiger partial charge in [-0.2, -0.15) is 0 Å². The quantitative estimate of drug-likeness (QED) is 0.780. The van der Waals surface area contributed by atoms with Crippen LogP contribution < -0.4 is 5.32 Å². The number of rotatable bonds is 3. The number of aryl methyl sites for hydroxylation is 1. The summed E-state index contributed by atoms with van der Waals surface area (Å²) in [5, 5.41) is 2.97. The Balaban J connectivity index is 2.83. The summed E-state index contributed by atoms with van der Waals surface area (Å²) in [5.74, 6) is -0.0651. The first-order valence-electron chi connectivity index (χ1n) is 4.38. The average Bonchev–Trinajstić information content (AvgIpc) is 2.13. The molecule has 1 N–H and O–H groups in total. The maximum atomic E-state index is 13.3. The Morgan fingerprint density at radius 3 is 2.85 bits per heavy atom. The average molecular weight is 183 g/mol. The lowest BCUT2D eigenvalue weighted by atomic mass is 10.2. The fourth-order valence-corrected chi connectivity index (χ4v) is 0.894. The molecule has 0 fully saturated rings. The fourth-order valence-electron chi connectivity index (χ4n) is 0.894. The molecule has 4 heteroatoms. The number of nitrogens with one attached hydrogen (secondary N) is 1. The zero-order valence-electron chi connectivity index (χ0n) is 8.13. The van der Waals surface area contributed by atoms with Crippen LogP contribution in [-0.4, -0.2) is 16.0 Å². The van der Waals surface area contributed by atoms with Crippen LogP contribution >= 0.6 is 0 Å². The summed E-state index contributed by atoms with van der Waals surface area (Å²) in [6.07, 6.45) is 2.30. The van der Waals surface area contributed by atoms with Gasteiger partial charge in [0.15, 0.2) is 11.6 Å². The van der Waals surface area contributed by atoms with Gasteiger partial charge >= 0.3 is 0 Å². The minimum atomic E-state index is -0.359. The second kappa shape index (κ2) is 4.16. The summed E-state index contributed by atoms with van der Waals surface area (Å²) in [6, 6.07) is 0.226. The van der Waals surface area contributed by atoms with Gasteiger partial charge in [-0.05, 0) is 20.3 Å². The topological polar surface area (TPSA) is 37.8 Å². The molecule has 1 aromatic rings. The van der Waals surface area contributed by atoms with E-state index in [0.717, 1.165) is 6.42 Å². The van der Waals surface area contributed by atoms with E-state index >= 15 is 0 Å². The lowest BCUT2D eigenvalue weighted by Gasteiger charge is -2.12. The molecule has 0 aromatic carbocycles. The first-order valence-corrected chi connectivity index (χ1v) is 4.38. The first kappa shape index (κ1) is 9.89. The van der Waals surface area contributed by atoms with E-state index in [1.54, 1.807) is 6.92 Å². The van der Waals surface area contributed by atoms with Gasteiger partial charge in [-0.1, -0.05) is 6.92 Å². The van der Waals surface area contributed by atoms with Crippen molar-refractivity contribution in [3.05, 3.63) is 17.8 Å². The third kappa shape index (κ3) is 2.37. The van der Waals surface area contributed by atoms with Crippen LogP contribution in [0.5, 0.6) is 0 Å². The number of anilines is 1. The van der Waals surface area contributed by atoms with Crippen molar-refractivity contribution in [2.45, 2.75) is 33.2 Å². The zero-order valence-corrected chi connectivity index (χ0v) is 8.13. The van der Waals surface area contributed by atoms with Crippen LogP contribution in [0.3, 0.4) is 0 Å². The highest BCUT2D eigenvalue weighted by Gasteiger charge is 2.08. The van der Waals surface area contributed by atoms with Crippen molar-refractivity contribution >= 4 is 5.82 Å². The summed E-state index contributed by atoms with van der Waals surface area (Å²) in [7, 11) is 0. The van der Waals surface area contributed by atoms with Crippen LogP contribution in [0.25, 0.3) is 0 Å². The van der Waals surface area contributed by atoms with Crippen molar-refractivity contribution in [1.29, 1.82) is 0 Å². The maximum absolute atomic E-state index is 13.3. The summed E-state index contributed by atoms with van der Waals surface area (Å²) in [4.78, 5) is 7.58. The molecule has 3 nitrogen and oxygen atoms in total. The molecule has 0 aliphatic heterocycles. The molecule has 1 aromatic heterocycles. The minimum absolute atomic E-state index is 0.226. The van der Waals surface area contributed by atoms with Crippen LogP contribution in [0.15, 0.2) is 6.33 Å². The molecule has 0 spiro atoms. The largest absolute Gasteiger partial charge is 0.365 e. The van der Waals surface area contributed by atoms with Gasteiger partial charge in [-0.15, -0.1) is 0 Å². The predicted molar refractivity (Wildman–Crippen MR) is 50.1 cm³/mol. The monoisotopic (exact) mass is 183 g/mol. The van der Waals surface area contributed by atoms with E-state index in [1.165, 1.54) is 6.33 Å². The van der Waals surface area contributed by atoms with Crippen molar-refractivity contribution in [2.24, 2.45) is 0 Å². The Kier molecular flexibility index (Phi) is 3.17. The number of halogens is 1. The normalized spacial score (nSPS) is 12.6. The van der Waals surface area contributed by atoms with Gasteiger partial charge < -0.3 is 5.32 Å². The van der Waals surface area contributed by atoms with E-state index in [9.17, 15) is 4.39 Å². The van der Waals surface area contributed by atoms with Crippen molar-refractivity contribution in [2.75, 3.05) is 5.32 Å². The van der Waals surface area contributed by atoms with Crippen LogP contribution in [-0.2, 0) is 0 Å². The third-order valence-electron chi connectivity index (χ3n) is 1.96. The number of hydrogen-bond donors (Lipinski definition) is 1. The van der Waals surface area contributed by atoms with E-state index in [1.807, 2.05) is 13.8 Å². The summed E-state index contributed by atoms with van der Waals surface area (Å²) >= 11 is 0. The van der Waals surface area contributed by atoms with Gasteiger partial charge in [-0.25, -0.2) is 14.4 Å². The van der Waals surface area contributed by atoms with Crippen molar-refractivity contribution in [3.8, 4) is 0 Å². The first-order chi connectivity index (χ1) is 6.15. The molecule has 1 atom stereocenters. The molecular formula is C9H14FN3. The van der Waals surface area contributed by atoms with E-state index in [4.69, 9.17) is 0 Å². The number of aromatic nitrogens is 2. The SMILES string of the molecule is CCC(C)Nc1ncnc(C)c1F. The standard InChI is InChI=1S/C9H14FN3/c1-4-6(2)13-9-8(10)7(3)11-5-12-9/h5-6H,4H2,1-3H3,(H,11,12,13). The van der Waals surface area contributed by atoms with Gasteiger partial charge in [0.1, 0.15) is 6.33 Å². The Hall–Kier alpha value is -1.19. The van der Waals surface area contributed by atoms with Gasteiger partial charge in [-0.3, -0.25) is 0 Å².